The predicted molar refractivity (Wildman–Crippen MR) is 137 cm³/mol. The summed E-state index contributed by atoms with van der Waals surface area (Å²) in [4.78, 5) is 33.9. The molecule has 33 heavy (non-hydrogen) atoms. The molecule has 0 aliphatic heterocycles. The molecule has 8 heteroatoms. The number of benzene rings is 1. The summed E-state index contributed by atoms with van der Waals surface area (Å²) >= 11 is 9.28. The van der Waals surface area contributed by atoms with Gasteiger partial charge in [0.2, 0.25) is 0 Å². The highest BCUT2D eigenvalue weighted by Crippen LogP contribution is 2.33. The Hall–Kier alpha value is -2.74. The first kappa shape index (κ1) is 23.4. The van der Waals surface area contributed by atoms with Crippen molar-refractivity contribution in [3.8, 4) is 10.6 Å². The fraction of sp³-hybridized carbons (Fsp3) is 0.240. The molecule has 4 aromatic rings. The second-order valence-electron chi connectivity index (χ2n) is 7.32. The summed E-state index contributed by atoms with van der Waals surface area (Å²) < 4.78 is 5.18. The van der Waals surface area contributed by atoms with Gasteiger partial charge in [0.25, 0.3) is 5.91 Å². The molecule has 3 aromatic heterocycles. The quantitative estimate of drug-likeness (QED) is 0.273. The summed E-state index contributed by atoms with van der Waals surface area (Å²) in [5.74, 6) is -0.772. The Bertz CT molecular complexity index is 1340. The van der Waals surface area contributed by atoms with E-state index in [-0.39, 0.29) is 12.5 Å². The van der Waals surface area contributed by atoms with Gasteiger partial charge in [0.1, 0.15) is 5.00 Å². The fourth-order valence-electron chi connectivity index (χ4n) is 3.46. The number of nitrogens with zero attached hydrogens (tertiary/aromatic N) is 1. The van der Waals surface area contributed by atoms with Crippen molar-refractivity contribution in [3.63, 3.8) is 0 Å². The van der Waals surface area contributed by atoms with Crippen molar-refractivity contribution in [3.05, 3.63) is 68.4 Å². The number of halogens is 1. The molecule has 0 saturated heterocycles. The highest BCUT2D eigenvalue weighted by atomic mass is 35.5. The van der Waals surface area contributed by atoms with Gasteiger partial charge in [0.15, 0.2) is 0 Å². The van der Waals surface area contributed by atoms with Crippen LogP contribution in [0.4, 0.5) is 5.00 Å². The number of carbonyl (C=O) groups excluding carboxylic acids is 2. The molecule has 1 aromatic carbocycles. The molecule has 170 valence electrons. The van der Waals surface area contributed by atoms with Crippen LogP contribution in [0.15, 0.2) is 42.5 Å². The van der Waals surface area contributed by atoms with Crippen LogP contribution < -0.4 is 5.32 Å². The fourth-order valence-corrected chi connectivity index (χ4v) is 5.52. The van der Waals surface area contributed by atoms with Crippen LogP contribution in [0.5, 0.6) is 0 Å². The molecule has 0 radical (unpaired) electrons. The van der Waals surface area contributed by atoms with Crippen LogP contribution in [0.2, 0.25) is 5.02 Å². The number of nitrogens with one attached hydrogen (secondary N) is 1. The van der Waals surface area contributed by atoms with E-state index in [4.69, 9.17) is 21.3 Å². The number of fused-ring (bicyclic) bond motifs is 1. The number of esters is 1. The number of amides is 1. The highest BCUT2D eigenvalue weighted by Gasteiger charge is 2.21. The molecule has 0 spiro atoms. The first-order chi connectivity index (χ1) is 15.9. The Labute approximate surface area is 205 Å². The summed E-state index contributed by atoms with van der Waals surface area (Å²) in [5, 5.41) is 4.59. The molecule has 0 aliphatic carbocycles. The van der Waals surface area contributed by atoms with E-state index in [9.17, 15) is 9.59 Å². The number of aryl methyl sites for hydroxylation is 2. The zero-order chi connectivity index (χ0) is 23.5. The van der Waals surface area contributed by atoms with Crippen molar-refractivity contribution in [2.24, 2.45) is 0 Å². The maximum atomic E-state index is 13.5. The molecular formula is C25H23ClN2O3S2. The number of carbonyl (C=O) groups is 2. The van der Waals surface area contributed by atoms with Gasteiger partial charge in [-0.3, -0.25) is 4.79 Å². The van der Waals surface area contributed by atoms with Crippen LogP contribution in [-0.4, -0.2) is 23.5 Å². The van der Waals surface area contributed by atoms with Crippen molar-refractivity contribution in [2.45, 2.75) is 33.6 Å². The molecule has 1 amide bonds. The van der Waals surface area contributed by atoms with Gasteiger partial charge in [-0.15, -0.1) is 22.7 Å². The van der Waals surface area contributed by atoms with E-state index in [1.807, 2.05) is 19.1 Å². The van der Waals surface area contributed by atoms with Crippen LogP contribution in [0.1, 0.15) is 51.2 Å². The Morgan fingerprint density at radius 2 is 1.76 bits per heavy atom. The molecular weight excluding hydrogens is 476 g/mol. The first-order valence-corrected chi connectivity index (χ1v) is 12.7. The predicted octanol–water partition coefficient (Wildman–Crippen LogP) is 7.23. The minimum Gasteiger partial charge on any atom is -0.462 e. The number of hydrogen-bond donors (Lipinski definition) is 1. The van der Waals surface area contributed by atoms with Crippen molar-refractivity contribution in [1.82, 2.24) is 4.98 Å². The average Bonchev–Trinajstić information content (AvgIpc) is 3.45. The Balaban J connectivity index is 1.78. The van der Waals surface area contributed by atoms with Gasteiger partial charge in [0.05, 0.1) is 33.8 Å². The van der Waals surface area contributed by atoms with Crippen molar-refractivity contribution in [1.29, 1.82) is 0 Å². The van der Waals surface area contributed by atoms with Gasteiger partial charge >= 0.3 is 5.97 Å². The van der Waals surface area contributed by atoms with E-state index in [0.29, 0.717) is 32.1 Å². The van der Waals surface area contributed by atoms with Gasteiger partial charge in [-0.2, -0.15) is 0 Å². The number of ether oxygens (including phenoxy) is 1. The second kappa shape index (κ2) is 10.0. The Kier molecular flexibility index (Phi) is 7.12. The Morgan fingerprint density at radius 3 is 2.45 bits per heavy atom. The molecule has 0 saturated carbocycles. The maximum absolute atomic E-state index is 13.5. The van der Waals surface area contributed by atoms with E-state index in [1.54, 1.807) is 42.5 Å². The minimum atomic E-state index is -0.447. The van der Waals surface area contributed by atoms with Crippen LogP contribution in [0.25, 0.3) is 21.5 Å². The van der Waals surface area contributed by atoms with Crippen molar-refractivity contribution in [2.75, 3.05) is 11.9 Å². The smallest absolute Gasteiger partial charge is 0.341 e. The van der Waals surface area contributed by atoms with E-state index >= 15 is 0 Å². The number of anilines is 1. The molecule has 0 unspecified atom stereocenters. The molecule has 0 fully saturated rings. The molecule has 5 nitrogen and oxygen atoms in total. The van der Waals surface area contributed by atoms with E-state index in [2.05, 4.69) is 18.3 Å². The van der Waals surface area contributed by atoms with E-state index in [0.717, 1.165) is 28.3 Å². The zero-order valence-electron chi connectivity index (χ0n) is 18.5. The lowest BCUT2D eigenvalue weighted by Crippen LogP contribution is -2.15. The van der Waals surface area contributed by atoms with Crippen LogP contribution >= 0.6 is 34.3 Å². The van der Waals surface area contributed by atoms with Crippen molar-refractivity contribution < 1.29 is 14.3 Å². The molecule has 0 atom stereocenters. The second-order valence-corrected chi connectivity index (χ2v) is 10.1. The average molecular weight is 499 g/mol. The molecule has 0 aliphatic rings. The summed E-state index contributed by atoms with van der Waals surface area (Å²) in [7, 11) is 0. The SMILES string of the molecule is CCOC(=O)c1cc(CC)sc1NC(=O)c1cc(-c2ccc(CC)s2)nc2ccc(Cl)cc12. The number of aromatic nitrogens is 1. The number of thiophene rings is 2. The standard InChI is InChI=1S/C25H23ClN2O3S2/c1-4-15-8-10-22(32-15)21-13-18(17-11-14(26)7-9-20(17)27-21)23(29)28-24-19(25(30)31-6-3)12-16(5-2)33-24/h7-13H,4-6H2,1-3H3,(H,28,29). The summed E-state index contributed by atoms with van der Waals surface area (Å²) in [6.07, 6.45) is 1.69. The Morgan fingerprint density at radius 1 is 0.970 bits per heavy atom. The molecule has 1 N–H and O–H groups in total. The molecule has 4 rings (SSSR count). The molecule has 3 heterocycles. The van der Waals surface area contributed by atoms with Crippen LogP contribution in [0.3, 0.4) is 0 Å². The first-order valence-electron chi connectivity index (χ1n) is 10.7. The zero-order valence-corrected chi connectivity index (χ0v) is 20.9. The van der Waals surface area contributed by atoms with Gasteiger partial charge in [-0.1, -0.05) is 25.4 Å². The van der Waals surface area contributed by atoms with Gasteiger partial charge in [-0.05, 0) is 62.2 Å². The van der Waals surface area contributed by atoms with Gasteiger partial charge < -0.3 is 10.1 Å². The maximum Gasteiger partial charge on any atom is 0.341 e. The lowest BCUT2D eigenvalue weighted by atomic mass is 10.1. The van der Waals surface area contributed by atoms with Gasteiger partial charge in [0, 0.05) is 20.2 Å². The topological polar surface area (TPSA) is 68.3 Å². The number of pyridine rings is 1. The third kappa shape index (κ3) is 4.95. The number of rotatable bonds is 7. The largest absolute Gasteiger partial charge is 0.462 e. The summed E-state index contributed by atoms with van der Waals surface area (Å²) in [5.41, 5.74) is 2.23. The highest BCUT2D eigenvalue weighted by molar-refractivity contribution is 7.16. The van der Waals surface area contributed by atoms with E-state index < -0.39 is 5.97 Å². The third-order valence-corrected chi connectivity index (χ3v) is 7.81. The molecule has 0 bridgehead atoms. The summed E-state index contributed by atoms with van der Waals surface area (Å²) in [6.45, 7) is 6.13. The monoisotopic (exact) mass is 498 g/mol. The summed E-state index contributed by atoms with van der Waals surface area (Å²) in [6, 6.07) is 13.0. The van der Waals surface area contributed by atoms with Crippen LogP contribution in [-0.2, 0) is 17.6 Å². The minimum absolute atomic E-state index is 0.265. The van der Waals surface area contributed by atoms with Crippen molar-refractivity contribution >= 4 is 62.1 Å². The van der Waals surface area contributed by atoms with Crippen LogP contribution in [0, 0.1) is 0 Å². The van der Waals surface area contributed by atoms with Gasteiger partial charge in [-0.25, -0.2) is 9.78 Å². The van der Waals surface area contributed by atoms with E-state index in [1.165, 1.54) is 16.2 Å². The lowest BCUT2D eigenvalue weighted by Gasteiger charge is -2.11. The number of hydrogen-bond acceptors (Lipinski definition) is 6. The normalized spacial score (nSPS) is 11.0. The lowest BCUT2D eigenvalue weighted by molar-refractivity contribution is 0.0528. The third-order valence-electron chi connectivity index (χ3n) is 5.13.